The zero-order valence-corrected chi connectivity index (χ0v) is 12.4. The third kappa shape index (κ3) is 3.02. The Bertz CT molecular complexity index is 571. The lowest BCUT2D eigenvalue weighted by Gasteiger charge is -2.15. The maximum Gasteiger partial charge on any atom is 0.159 e. The zero-order valence-electron chi connectivity index (χ0n) is 10.8. The fraction of sp³-hybridized carbons (Fsp3) is 0.231. The Kier molecular flexibility index (Phi) is 4.34. The van der Waals surface area contributed by atoms with E-state index < -0.39 is 0 Å². The molecular weight excluding hydrogens is 306 g/mol. The molecule has 0 saturated heterocycles. The molecule has 5 nitrogen and oxygen atoms in total. The average Bonchev–Trinajstić information content (AvgIpc) is 2.41. The summed E-state index contributed by atoms with van der Waals surface area (Å²) >= 11 is 3.43. The van der Waals surface area contributed by atoms with Crippen LogP contribution in [0.25, 0.3) is 0 Å². The number of hydrogen-bond donors (Lipinski definition) is 3. The molecule has 0 aliphatic carbocycles. The molecule has 1 aromatic heterocycles. The van der Waals surface area contributed by atoms with Crippen LogP contribution in [-0.2, 0) is 0 Å². The molecule has 2 rings (SSSR count). The Balaban J connectivity index is 2.37. The lowest BCUT2D eigenvalue weighted by molar-refractivity contribution is 0.869. The molecule has 4 N–H and O–H groups in total. The maximum absolute atomic E-state index is 5.39. The first-order chi connectivity index (χ1) is 9.13. The molecule has 0 bridgehead atoms. The molecule has 1 heterocycles. The van der Waals surface area contributed by atoms with Gasteiger partial charge in [-0.1, -0.05) is 32.0 Å². The topological polar surface area (TPSA) is 75.9 Å². The summed E-state index contributed by atoms with van der Waals surface area (Å²) in [6.45, 7) is 4.31. The van der Waals surface area contributed by atoms with E-state index in [1.165, 1.54) is 11.9 Å². The quantitative estimate of drug-likeness (QED) is 0.594. The SMILES string of the molecule is CC(C)c1ccccc1Nc1ncnc(NN)c1Br. The molecule has 0 radical (unpaired) electrons. The smallest absolute Gasteiger partial charge is 0.159 e. The Hall–Kier alpha value is -1.66. The predicted molar refractivity (Wildman–Crippen MR) is 81.4 cm³/mol. The molecule has 0 fully saturated rings. The summed E-state index contributed by atoms with van der Waals surface area (Å²) in [6.07, 6.45) is 1.46. The van der Waals surface area contributed by atoms with Crippen LogP contribution in [0.4, 0.5) is 17.3 Å². The van der Waals surface area contributed by atoms with Crippen molar-refractivity contribution in [3.8, 4) is 0 Å². The Labute approximate surface area is 120 Å². The summed E-state index contributed by atoms with van der Waals surface area (Å²) < 4.78 is 0.705. The van der Waals surface area contributed by atoms with Crippen molar-refractivity contribution in [2.75, 3.05) is 10.7 Å². The number of aromatic nitrogens is 2. The van der Waals surface area contributed by atoms with Gasteiger partial charge in [0.25, 0.3) is 0 Å². The standard InChI is InChI=1S/C13H16BrN5/c1-8(2)9-5-3-4-6-10(9)18-12-11(14)13(19-15)17-7-16-12/h3-8H,15H2,1-2H3,(H2,16,17,18,19). The molecule has 0 saturated carbocycles. The Morgan fingerprint density at radius 2 is 1.84 bits per heavy atom. The molecule has 0 aliphatic heterocycles. The van der Waals surface area contributed by atoms with Crippen LogP contribution in [0.15, 0.2) is 35.1 Å². The van der Waals surface area contributed by atoms with Crippen molar-refractivity contribution in [2.24, 2.45) is 5.84 Å². The van der Waals surface area contributed by atoms with Gasteiger partial charge in [0.05, 0.1) is 0 Å². The average molecular weight is 322 g/mol. The molecule has 0 aliphatic rings. The molecule has 0 spiro atoms. The molecule has 100 valence electrons. The van der Waals surface area contributed by atoms with E-state index >= 15 is 0 Å². The van der Waals surface area contributed by atoms with Gasteiger partial charge in [-0.2, -0.15) is 0 Å². The number of para-hydroxylation sites is 1. The molecular formula is C13H16BrN5. The number of nitrogens with two attached hydrogens (primary N) is 1. The third-order valence-corrected chi connectivity index (χ3v) is 3.51. The molecule has 6 heteroatoms. The number of rotatable bonds is 4. The molecule has 1 aromatic carbocycles. The van der Waals surface area contributed by atoms with Gasteiger partial charge >= 0.3 is 0 Å². The third-order valence-electron chi connectivity index (χ3n) is 2.76. The minimum Gasteiger partial charge on any atom is -0.339 e. The highest BCUT2D eigenvalue weighted by Crippen LogP contribution is 2.31. The number of hydrogen-bond acceptors (Lipinski definition) is 5. The van der Waals surface area contributed by atoms with Crippen molar-refractivity contribution in [3.05, 3.63) is 40.6 Å². The number of anilines is 3. The fourth-order valence-electron chi connectivity index (χ4n) is 1.80. The highest BCUT2D eigenvalue weighted by Gasteiger charge is 2.11. The normalized spacial score (nSPS) is 10.6. The van der Waals surface area contributed by atoms with Crippen LogP contribution in [0.3, 0.4) is 0 Å². The Morgan fingerprint density at radius 1 is 1.16 bits per heavy atom. The molecule has 19 heavy (non-hydrogen) atoms. The predicted octanol–water partition coefficient (Wildman–Crippen LogP) is 3.39. The fourth-order valence-corrected chi connectivity index (χ4v) is 2.22. The second-order valence-corrected chi connectivity index (χ2v) is 5.19. The van der Waals surface area contributed by atoms with Crippen LogP contribution in [0.5, 0.6) is 0 Å². The van der Waals surface area contributed by atoms with E-state index in [0.29, 0.717) is 22.0 Å². The van der Waals surface area contributed by atoms with Crippen LogP contribution in [0.1, 0.15) is 25.3 Å². The molecule has 0 atom stereocenters. The van der Waals surface area contributed by atoms with Gasteiger partial charge in [0, 0.05) is 5.69 Å². The van der Waals surface area contributed by atoms with Crippen molar-refractivity contribution in [2.45, 2.75) is 19.8 Å². The number of nitrogens with zero attached hydrogens (tertiary/aromatic N) is 2. The minimum atomic E-state index is 0.427. The number of halogens is 1. The summed E-state index contributed by atoms with van der Waals surface area (Å²) in [5, 5.41) is 3.30. The van der Waals surface area contributed by atoms with E-state index in [9.17, 15) is 0 Å². The molecule has 0 unspecified atom stereocenters. The first-order valence-corrected chi connectivity index (χ1v) is 6.75. The zero-order chi connectivity index (χ0) is 13.8. The molecule has 0 amide bonds. The van der Waals surface area contributed by atoms with Crippen LogP contribution in [0.2, 0.25) is 0 Å². The summed E-state index contributed by atoms with van der Waals surface area (Å²) in [5.41, 5.74) is 4.78. The maximum atomic E-state index is 5.39. The monoisotopic (exact) mass is 321 g/mol. The van der Waals surface area contributed by atoms with Crippen LogP contribution in [0, 0.1) is 0 Å². The highest BCUT2D eigenvalue weighted by molar-refractivity contribution is 9.10. The van der Waals surface area contributed by atoms with Gasteiger partial charge in [0.1, 0.15) is 16.6 Å². The van der Waals surface area contributed by atoms with Crippen molar-refractivity contribution < 1.29 is 0 Å². The van der Waals surface area contributed by atoms with Crippen molar-refractivity contribution in [3.63, 3.8) is 0 Å². The second kappa shape index (κ2) is 5.99. The highest BCUT2D eigenvalue weighted by atomic mass is 79.9. The van der Waals surface area contributed by atoms with Crippen LogP contribution in [-0.4, -0.2) is 9.97 Å². The van der Waals surface area contributed by atoms with Gasteiger partial charge in [-0.15, -0.1) is 0 Å². The van der Waals surface area contributed by atoms with E-state index in [4.69, 9.17) is 5.84 Å². The summed E-state index contributed by atoms with van der Waals surface area (Å²) in [4.78, 5) is 8.24. The number of nitrogens with one attached hydrogen (secondary N) is 2. The van der Waals surface area contributed by atoms with Crippen molar-refractivity contribution in [1.29, 1.82) is 0 Å². The Morgan fingerprint density at radius 3 is 2.53 bits per heavy atom. The van der Waals surface area contributed by atoms with E-state index in [1.807, 2.05) is 18.2 Å². The van der Waals surface area contributed by atoms with E-state index in [-0.39, 0.29) is 0 Å². The largest absolute Gasteiger partial charge is 0.339 e. The lowest BCUT2D eigenvalue weighted by atomic mass is 10.0. The van der Waals surface area contributed by atoms with Crippen LogP contribution < -0.4 is 16.6 Å². The van der Waals surface area contributed by atoms with E-state index in [2.05, 4.69) is 56.6 Å². The number of nitrogen functional groups attached to an aromatic ring is 1. The van der Waals surface area contributed by atoms with Gasteiger partial charge in [-0.25, -0.2) is 15.8 Å². The van der Waals surface area contributed by atoms with Gasteiger partial charge in [0.15, 0.2) is 5.82 Å². The van der Waals surface area contributed by atoms with Gasteiger partial charge in [-0.3, -0.25) is 0 Å². The van der Waals surface area contributed by atoms with Crippen molar-refractivity contribution in [1.82, 2.24) is 9.97 Å². The van der Waals surface area contributed by atoms with Gasteiger partial charge < -0.3 is 10.7 Å². The van der Waals surface area contributed by atoms with Gasteiger partial charge in [-0.05, 0) is 33.5 Å². The van der Waals surface area contributed by atoms with E-state index in [1.54, 1.807) is 0 Å². The second-order valence-electron chi connectivity index (χ2n) is 4.40. The van der Waals surface area contributed by atoms with Gasteiger partial charge in [0.2, 0.25) is 0 Å². The first kappa shape index (κ1) is 13.8. The minimum absolute atomic E-state index is 0.427. The lowest BCUT2D eigenvalue weighted by Crippen LogP contribution is -2.10. The number of hydrazine groups is 1. The summed E-state index contributed by atoms with van der Waals surface area (Å²) in [6, 6.07) is 8.15. The van der Waals surface area contributed by atoms with E-state index in [0.717, 1.165) is 5.69 Å². The van der Waals surface area contributed by atoms with Crippen molar-refractivity contribution >= 4 is 33.3 Å². The van der Waals surface area contributed by atoms with Crippen LogP contribution >= 0.6 is 15.9 Å². The molecule has 2 aromatic rings. The summed E-state index contributed by atoms with van der Waals surface area (Å²) in [5.74, 6) is 7.04. The summed E-state index contributed by atoms with van der Waals surface area (Å²) in [7, 11) is 0. The number of benzene rings is 1. The first-order valence-electron chi connectivity index (χ1n) is 5.96.